The fraction of sp³-hybridized carbons (Fsp3) is 0.625. The van der Waals surface area contributed by atoms with Crippen molar-refractivity contribution in [2.75, 3.05) is 138 Å². The standard InChI is InChI=1S/C56H84N11O14.Th/c1-2-32-79-34-35-80-33-22-64-56(78)44-14-6-13-43-49(44)81-36-45(68)37-7-3-8-38(46(37)69)50(72)60-18-26-67(29-21-63-55(43)77)31-30-66-27-19-61-53(75)41-11-4-9-39(47(41)70)51(73)58-16-24-65(23-15-57)25-17-59-52(74)40-10-5-12-42(48(40)71)54(76)62-20-28-66;/h4,6,10-11,13-14,36-39,43,46,49,69-71H,2-3,5,7-9,12,15-35,57H2,1H3,(H,58,73)(H,59,74)(H,60,72)(H,61,75)(H,62,76)(H,63,77)(H,64,78);/q-1;. The smallest absolute Gasteiger partial charge is 0.254 e. The maximum absolute atomic E-state index is 14.1. The largest absolute Gasteiger partial charge is 0.519 e. The second-order valence-corrected chi connectivity index (χ2v) is 20.7. The Balaban J connectivity index is 0.0000123. The van der Waals surface area contributed by atoms with Crippen LogP contribution in [0.3, 0.4) is 0 Å². The van der Waals surface area contributed by atoms with Gasteiger partial charge in [0.05, 0.1) is 66.5 Å². The van der Waals surface area contributed by atoms with Crippen LogP contribution in [0.15, 0.2) is 70.3 Å². The van der Waals surface area contributed by atoms with E-state index < -0.39 is 88.8 Å². The normalized spacial score (nSPS) is 26.1. The van der Waals surface area contributed by atoms with Crippen molar-refractivity contribution >= 4 is 47.1 Å². The maximum atomic E-state index is 14.1. The number of amides is 7. The third-order valence-electron chi connectivity index (χ3n) is 15.1. The van der Waals surface area contributed by atoms with Gasteiger partial charge in [-0.2, -0.15) is 0 Å². The Bertz CT molecular complexity index is 2410. The summed E-state index contributed by atoms with van der Waals surface area (Å²) < 4.78 is 17.1. The number of aliphatic hydroxyl groups excluding tert-OH is 3. The van der Waals surface area contributed by atoms with Gasteiger partial charge in [0.15, 0.2) is 0 Å². The van der Waals surface area contributed by atoms with Crippen molar-refractivity contribution in [2.45, 2.75) is 64.1 Å². The Morgan fingerprint density at radius 2 is 1.34 bits per heavy atom. The molecule has 0 radical (unpaired) electrons. The first-order valence-corrected chi connectivity index (χ1v) is 28.5. The van der Waals surface area contributed by atoms with Gasteiger partial charge in [0.2, 0.25) is 23.6 Å². The first-order valence-electron chi connectivity index (χ1n) is 28.5. The Morgan fingerprint density at radius 1 is 0.756 bits per heavy atom. The molecule has 0 aromatic carbocycles. The van der Waals surface area contributed by atoms with Gasteiger partial charge in [-0.25, -0.2) is 6.61 Å². The zero-order valence-electron chi connectivity index (χ0n) is 47.1. The van der Waals surface area contributed by atoms with Crippen molar-refractivity contribution in [2.24, 2.45) is 29.4 Å². The van der Waals surface area contributed by atoms with Gasteiger partial charge in [-0.1, -0.05) is 43.7 Å². The van der Waals surface area contributed by atoms with Crippen molar-refractivity contribution < 1.29 is 108 Å². The Kier molecular flexibility index (Phi) is 29.6. The molecule has 0 aromatic heterocycles. The molecule has 6 atom stereocenters. The number of carbonyl (C=O) groups is 8. The van der Waals surface area contributed by atoms with Crippen LogP contribution in [0.2, 0.25) is 0 Å². The van der Waals surface area contributed by atoms with Crippen molar-refractivity contribution in [3.05, 3.63) is 76.9 Å². The van der Waals surface area contributed by atoms with Crippen LogP contribution in [0.25, 0.3) is 0 Å². The number of carbonyl (C=O) groups excluding carboxylic acids is 8. The van der Waals surface area contributed by atoms with E-state index in [2.05, 4.69) is 37.2 Å². The fourth-order valence-corrected chi connectivity index (χ4v) is 10.5. The Morgan fingerprint density at radius 3 is 2.00 bits per heavy atom. The van der Waals surface area contributed by atoms with Gasteiger partial charge in [-0.3, -0.25) is 48.3 Å². The van der Waals surface area contributed by atoms with Gasteiger partial charge in [-0.15, -0.1) is 0 Å². The average molecular weight is 1370 g/mol. The van der Waals surface area contributed by atoms with E-state index in [1.54, 1.807) is 24.3 Å². The van der Waals surface area contributed by atoms with Crippen molar-refractivity contribution in [1.29, 1.82) is 0 Å². The zero-order chi connectivity index (χ0) is 58.1. The molecule has 6 aliphatic rings. The molecule has 452 valence electrons. The van der Waals surface area contributed by atoms with Gasteiger partial charge in [0.1, 0.15) is 11.5 Å². The molecular weight excluding hydrogens is 1280 g/mol. The molecule has 6 bridgehead atoms. The van der Waals surface area contributed by atoms with Crippen molar-refractivity contribution in [3.63, 3.8) is 0 Å². The van der Waals surface area contributed by atoms with Gasteiger partial charge < -0.3 is 77.3 Å². The van der Waals surface area contributed by atoms with Crippen LogP contribution in [0.1, 0.15) is 51.9 Å². The number of nitrogens with two attached hydrogens (primary N) is 1. The third kappa shape index (κ3) is 20.3. The average Bonchev–Trinajstić information content (AvgIpc) is 3.58. The number of nitrogens with one attached hydrogen (secondary N) is 7. The number of aliphatic hydroxyl groups is 3. The number of hydrogen-bond acceptors (Lipinski definition) is 18. The summed E-state index contributed by atoms with van der Waals surface area (Å²) in [4.78, 5) is 115. The molecule has 82 heavy (non-hydrogen) atoms. The quantitative estimate of drug-likeness (QED) is 0.0666. The van der Waals surface area contributed by atoms with E-state index in [1.165, 1.54) is 12.2 Å². The first kappa shape index (κ1) is 67.7. The van der Waals surface area contributed by atoms with E-state index in [-0.39, 0.29) is 159 Å². The summed E-state index contributed by atoms with van der Waals surface area (Å²) in [5, 5.41) is 53.9. The van der Waals surface area contributed by atoms with E-state index in [0.29, 0.717) is 84.8 Å². The first-order chi connectivity index (χ1) is 39.2. The zero-order valence-corrected chi connectivity index (χ0v) is 51.2. The molecule has 2 aliphatic heterocycles. The summed E-state index contributed by atoms with van der Waals surface area (Å²) in [5.41, 5.74) is 5.92. The number of fused-ring (bicyclic) bond motifs is 5. The topological polar surface area (TPSA) is 345 Å². The summed E-state index contributed by atoms with van der Waals surface area (Å²) in [6.45, 7) is 8.69. The van der Waals surface area contributed by atoms with Crippen LogP contribution in [-0.2, 0) is 52.6 Å². The van der Waals surface area contributed by atoms with Crippen LogP contribution >= 0.6 is 0 Å². The molecule has 4 aliphatic carbocycles. The molecule has 1 saturated heterocycles. The minimum absolute atomic E-state index is 0. The molecule has 2 heterocycles. The molecule has 1 saturated carbocycles. The number of rotatable bonds is 14. The number of hydrogen-bond donors (Lipinski definition) is 11. The molecule has 6 rings (SSSR count). The minimum atomic E-state index is -1.32. The van der Waals surface area contributed by atoms with Crippen LogP contribution in [-0.4, -0.2) is 227 Å². The summed E-state index contributed by atoms with van der Waals surface area (Å²) in [6, 6.07) is 0. The molecular formula is C56H84N11O14Th-. The SMILES string of the molecule is CCCOCCOCCNC(=O)C1=CC=CC2C(=O)NCCN(CCN3CCNC(=O)C4=C(O)C(CC=C4)C(=O)NCCN(CCN)CCNC(=O)C4=CCCC(=C4O)C(=O)NCC3)CCNC(=O)C3CCCC(C(=O)[CH-]OC12)C3O.[Th]. The number of Topliss-reactive ketones (excluding diaryl/α,β-unsaturated/α-hetero) is 1. The predicted octanol–water partition coefficient (Wildman–Crippen LogP) is -1.94. The number of ketones is 1. The molecule has 7 amide bonds. The second kappa shape index (κ2) is 35.9. The number of ether oxygens (including phenoxy) is 3. The van der Waals surface area contributed by atoms with Crippen molar-refractivity contribution in [1.82, 2.24) is 51.9 Å². The summed E-state index contributed by atoms with van der Waals surface area (Å²) in [6.07, 6.45) is 9.56. The molecule has 26 heteroatoms. The summed E-state index contributed by atoms with van der Waals surface area (Å²) in [7, 11) is 0. The Hall–Kier alpha value is -5.13. The third-order valence-corrected chi connectivity index (χ3v) is 15.1. The molecule has 0 aromatic rings. The fourth-order valence-electron chi connectivity index (χ4n) is 10.5. The maximum Gasteiger partial charge on any atom is 0.254 e. The van der Waals surface area contributed by atoms with Gasteiger partial charge in [-0.05, 0) is 44.6 Å². The van der Waals surface area contributed by atoms with Crippen LogP contribution in [0.5, 0.6) is 0 Å². The van der Waals surface area contributed by atoms with Gasteiger partial charge in [0.25, 0.3) is 17.7 Å². The van der Waals surface area contributed by atoms with Gasteiger partial charge in [0, 0.05) is 175 Å². The molecule has 25 nitrogen and oxygen atoms in total. The van der Waals surface area contributed by atoms with E-state index >= 15 is 0 Å². The monoisotopic (exact) mass is 1370 g/mol. The molecule has 12 N–H and O–H groups in total. The molecule has 2 fully saturated rings. The van der Waals surface area contributed by atoms with E-state index in [4.69, 9.17) is 19.9 Å². The van der Waals surface area contributed by atoms with E-state index in [0.717, 1.165) is 13.0 Å². The minimum Gasteiger partial charge on any atom is -0.519 e. The van der Waals surface area contributed by atoms with E-state index in [1.807, 2.05) is 21.6 Å². The predicted molar refractivity (Wildman–Crippen MR) is 297 cm³/mol. The van der Waals surface area contributed by atoms with E-state index in [9.17, 15) is 53.7 Å². The van der Waals surface area contributed by atoms with Gasteiger partial charge >= 0.3 is 0 Å². The summed E-state index contributed by atoms with van der Waals surface area (Å²) >= 11 is 0. The second-order valence-electron chi connectivity index (χ2n) is 20.7. The number of allylic oxidation sites excluding steroid dienone is 4. The van der Waals surface area contributed by atoms with Crippen molar-refractivity contribution in [3.8, 4) is 0 Å². The molecule has 0 spiro atoms. The Labute approximate surface area is 511 Å². The molecule has 6 unspecified atom stereocenters. The summed E-state index contributed by atoms with van der Waals surface area (Å²) in [5.74, 6) is -8.85. The van der Waals surface area contributed by atoms with Crippen LogP contribution < -0.4 is 43.0 Å². The van der Waals surface area contributed by atoms with Crippen LogP contribution in [0, 0.1) is 70.2 Å². The number of nitrogens with zero attached hydrogens (tertiary/aromatic N) is 3. The van der Waals surface area contributed by atoms with Crippen LogP contribution in [0.4, 0.5) is 0 Å².